The van der Waals surface area contributed by atoms with Gasteiger partial charge in [0.05, 0.1) is 18.2 Å². The molecule has 0 fully saturated rings. The number of nitriles is 3. The smallest absolute Gasteiger partial charge is 0.260 e. The van der Waals surface area contributed by atoms with Crippen molar-refractivity contribution < 1.29 is 4.92 Å². The van der Waals surface area contributed by atoms with Crippen molar-refractivity contribution in [2.75, 3.05) is 0 Å². The Kier molecular flexibility index (Phi) is 3.92. The lowest BCUT2D eigenvalue weighted by molar-refractivity contribution is -0.566. The minimum atomic E-state index is -1.71. The molecule has 0 aromatic carbocycles. The fourth-order valence-electron chi connectivity index (χ4n) is 0.823. The van der Waals surface area contributed by atoms with Crippen molar-refractivity contribution in [3.63, 3.8) is 0 Å². The molecule has 0 aromatic heterocycles. The molecule has 13 heavy (non-hydrogen) atoms. The van der Waals surface area contributed by atoms with Crippen molar-refractivity contribution in [1.29, 1.82) is 15.8 Å². The predicted molar refractivity (Wildman–Crippen MR) is 40.4 cm³/mol. The average Bonchev–Trinajstić information content (AvgIpc) is 2.05. The van der Waals surface area contributed by atoms with Gasteiger partial charge >= 0.3 is 0 Å². The van der Waals surface area contributed by atoms with Crippen LogP contribution in [0.3, 0.4) is 0 Å². The lowest BCUT2D eigenvalue weighted by atomic mass is 9.90. The highest BCUT2D eigenvalue weighted by molar-refractivity contribution is 5.00. The normalized spacial score (nSPS) is 9.31. The first kappa shape index (κ1) is 10.9. The summed E-state index contributed by atoms with van der Waals surface area (Å²) in [7, 11) is 0. The molecule has 0 amide bonds. The van der Waals surface area contributed by atoms with Crippen molar-refractivity contribution in [2.24, 2.45) is 0 Å². The molecule has 0 saturated heterocycles. The molecule has 0 aliphatic carbocycles. The van der Waals surface area contributed by atoms with Gasteiger partial charge in [-0.25, -0.2) is 0 Å². The zero-order valence-corrected chi connectivity index (χ0v) is 6.73. The second-order valence-electron chi connectivity index (χ2n) is 2.49. The highest BCUT2D eigenvalue weighted by Gasteiger charge is 2.42. The largest absolute Gasteiger partial charge is 0.264 e. The summed E-state index contributed by atoms with van der Waals surface area (Å²) in [6, 6.07) is 4.85. The first-order valence-electron chi connectivity index (χ1n) is 3.38. The van der Waals surface area contributed by atoms with Crippen LogP contribution >= 0.6 is 0 Å². The number of rotatable bonds is 4. The third-order valence-electron chi connectivity index (χ3n) is 1.61. The minimum Gasteiger partial charge on any atom is -0.264 e. The quantitative estimate of drug-likeness (QED) is 0.465. The second-order valence-corrected chi connectivity index (χ2v) is 2.49. The topological polar surface area (TPSA) is 115 Å². The van der Waals surface area contributed by atoms with Gasteiger partial charge in [-0.05, 0) is 0 Å². The van der Waals surface area contributed by atoms with Crippen LogP contribution in [0.4, 0.5) is 0 Å². The van der Waals surface area contributed by atoms with E-state index in [0.29, 0.717) is 0 Å². The molecule has 6 nitrogen and oxygen atoms in total. The Morgan fingerprint density at radius 2 is 1.38 bits per heavy atom. The molecule has 0 bridgehead atoms. The molecule has 0 N–H and O–H groups in total. The van der Waals surface area contributed by atoms with Crippen LogP contribution in [-0.2, 0) is 0 Å². The summed E-state index contributed by atoms with van der Waals surface area (Å²) in [6.45, 7) is 0. The van der Waals surface area contributed by atoms with Gasteiger partial charge in [0.15, 0.2) is 0 Å². The van der Waals surface area contributed by atoms with E-state index in [1.165, 1.54) is 0 Å². The van der Waals surface area contributed by atoms with E-state index in [2.05, 4.69) is 0 Å². The summed E-state index contributed by atoms with van der Waals surface area (Å²) in [5, 5.41) is 35.5. The Hall–Kier alpha value is -2.13. The first-order chi connectivity index (χ1) is 6.13. The first-order valence-corrected chi connectivity index (χ1v) is 3.38. The van der Waals surface area contributed by atoms with Gasteiger partial charge < -0.3 is 0 Å². The van der Waals surface area contributed by atoms with E-state index in [-0.39, 0.29) is 0 Å². The van der Waals surface area contributed by atoms with E-state index in [0.717, 1.165) is 0 Å². The molecule has 0 atom stereocenters. The van der Waals surface area contributed by atoms with Crippen LogP contribution in [0.5, 0.6) is 0 Å². The molecule has 0 spiro atoms. The van der Waals surface area contributed by atoms with Crippen LogP contribution in [0.1, 0.15) is 19.3 Å². The molecule has 0 heterocycles. The van der Waals surface area contributed by atoms with Gasteiger partial charge in [-0.3, -0.25) is 10.1 Å². The Morgan fingerprint density at radius 1 is 1.08 bits per heavy atom. The van der Waals surface area contributed by atoms with Gasteiger partial charge in [-0.1, -0.05) is 0 Å². The van der Waals surface area contributed by atoms with Crippen molar-refractivity contribution in [2.45, 2.75) is 24.8 Å². The standard InChI is InChI=1S/C7H6N4O2/c8-4-1-7(2-5-9,3-6-10)11(12)13/h1-3H2. The van der Waals surface area contributed by atoms with Gasteiger partial charge in [0.2, 0.25) is 0 Å². The molecular weight excluding hydrogens is 172 g/mol. The van der Waals surface area contributed by atoms with E-state index < -0.39 is 29.7 Å². The summed E-state index contributed by atoms with van der Waals surface area (Å²) in [5.41, 5.74) is -1.71. The van der Waals surface area contributed by atoms with Crippen LogP contribution in [0.25, 0.3) is 0 Å². The van der Waals surface area contributed by atoms with E-state index in [1.807, 2.05) is 0 Å². The highest BCUT2D eigenvalue weighted by atomic mass is 16.6. The van der Waals surface area contributed by atoms with Crippen LogP contribution in [-0.4, -0.2) is 10.5 Å². The van der Waals surface area contributed by atoms with Gasteiger partial charge in [0, 0.05) is 4.92 Å². The summed E-state index contributed by atoms with van der Waals surface area (Å²) >= 11 is 0. The molecule has 0 rings (SSSR count). The lowest BCUT2D eigenvalue weighted by Gasteiger charge is -2.15. The average molecular weight is 178 g/mol. The van der Waals surface area contributed by atoms with Gasteiger partial charge in [0.1, 0.15) is 19.3 Å². The monoisotopic (exact) mass is 178 g/mol. The van der Waals surface area contributed by atoms with Crippen molar-refractivity contribution >= 4 is 0 Å². The summed E-state index contributed by atoms with van der Waals surface area (Å²) in [4.78, 5) is 9.82. The van der Waals surface area contributed by atoms with Crippen molar-refractivity contribution in [3.05, 3.63) is 10.1 Å². The van der Waals surface area contributed by atoms with Crippen LogP contribution in [0, 0.1) is 44.1 Å². The van der Waals surface area contributed by atoms with Crippen LogP contribution in [0.15, 0.2) is 0 Å². The molecule has 0 aliphatic heterocycles. The SMILES string of the molecule is N#CCC(CC#N)(CC#N)[N+](=O)[O-]. The van der Waals surface area contributed by atoms with Crippen LogP contribution in [0.2, 0.25) is 0 Å². The van der Waals surface area contributed by atoms with Gasteiger partial charge in [-0.2, -0.15) is 15.8 Å². The molecule has 6 heteroatoms. The maximum atomic E-state index is 10.5. The van der Waals surface area contributed by atoms with E-state index in [9.17, 15) is 10.1 Å². The third-order valence-corrected chi connectivity index (χ3v) is 1.61. The fourth-order valence-corrected chi connectivity index (χ4v) is 0.823. The Balaban J connectivity index is 4.87. The third kappa shape index (κ3) is 2.43. The Morgan fingerprint density at radius 3 is 1.54 bits per heavy atom. The van der Waals surface area contributed by atoms with Crippen molar-refractivity contribution in [1.82, 2.24) is 0 Å². The van der Waals surface area contributed by atoms with E-state index in [4.69, 9.17) is 15.8 Å². The van der Waals surface area contributed by atoms with Gasteiger partial charge in [0.25, 0.3) is 5.54 Å². The predicted octanol–water partition coefficient (Wildman–Crippen LogP) is 0.743. The molecular formula is C7H6N4O2. The van der Waals surface area contributed by atoms with E-state index in [1.54, 1.807) is 18.2 Å². The van der Waals surface area contributed by atoms with E-state index >= 15 is 0 Å². The fraction of sp³-hybridized carbons (Fsp3) is 0.571. The Labute approximate surface area is 74.8 Å². The molecule has 0 aliphatic rings. The number of hydrogen-bond acceptors (Lipinski definition) is 5. The maximum Gasteiger partial charge on any atom is 0.260 e. The molecule has 0 saturated carbocycles. The maximum absolute atomic E-state index is 10.5. The zero-order chi connectivity index (χ0) is 10.3. The van der Waals surface area contributed by atoms with Crippen LogP contribution < -0.4 is 0 Å². The molecule has 66 valence electrons. The number of nitrogens with zero attached hydrogens (tertiary/aromatic N) is 4. The second kappa shape index (κ2) is 4.69. The molecule has 0 aromatic rings. The lowest BCUT2D eigenvalue weighted by Crippen LogP contribution is -2.37. The highest BCUT2D eigenvalue weighted by Crippen LogP contribution is 2.22. The van der Waals surface area contributed by atoms with Crippen molar-refractivity contribution in [3.8, 4) is 18.2 Å². The molecule has 0 unspecified atom stereocenters. The summed E-state index contributed by atoms with van der Waals surface area (Å²) < 4.78 is 0. The number of nitro groups is 1. The zero-order valence-electron chi connectivity index (χ0n) is 6.73. The summed E-state index contributed by atoms with van der Waals surface area (Å²) in [5.74, 6) is 0. The Bertz CT molecular complexity index is 276. The number of hydrogen-bond donors (Lipinski definition) is 0. The minimum absolute atomic E-state index is 0.416. The summed E-state index contributed by atoms with van der Waals surface area (Å²) in [6.07, 6.45) is -1.25. The van der Waals surface area contributed by atoms with Gasteiger partial charge in [-0.15, -0.1) is 0 Å². The molecule has 0 radical (unpaired) electrons.